The van der Waals surface area contributed by atoms with E-state index in [1.165, 1.54) is 12.1 Å². The van der Waals surface area contributed by atoms with Crippen molar-refractivity contribution in [3.63, 3.8) is 0 Å². The lowest BCUT2D eigenvalue weighted by molar-refractivity contribution is 0.247. The van der Waals surface area contributed by atoms with Gasteiger partial charge in [-0.2, -0.15) is 0 Å². The van der Waals surface area contributed by atoms with E-state index in [1.54, 1.807) is 0 Å². The van der Waals surface area contributed by atoms with Crippen LogP contribution >= 0.6 is 15.9 Å². The second-order valence-electron chi connectivity index (χ2n) is 7.71. The van der Waals surface area contributed by atoms with E-state index in [-0.39, 0.29) is 5.04 Å². The van der Waals surface area contributed by atoms with Crippen molar-refractivity contribution in [1.82, 2.24) is 9.88 Å². The molecule has 1 aromatic rings. The van der Waals surface area contributed by atoms with E-state index in [9.17, 15) is 4.80 Å². The molecule has 4 nitrogen and oxygen atoms in total. The maximum atomic E-state index is 10.4. The van der Waals surface area contributed by atoms with Crippen molar-refractivity contribution in [2.24, 2.45) is 0 Å². The largest absolute Gasteiger partial charge is 0.432 e. The average Bonchev–Trinajstić information content (AvgIpc) is 2.47. The third-order valence-electron chi connectivity index (χ3n) is 5.38. The minimum Gasteiger partial charge on any atom is -0.432 e. The van der Waals surface area contributed by atoms with Gasteiger partial charge < -0.3 is 9.70 Å². The van der Waals surface area contributed by atoms with E-state index in [2.05, 4.69) is 63.7 Å². The van der Waals surface area contributed by atoms with Crippen LogP contribution in [-0.4, -0.2) is 55.7 Å². The zero-order valence-corrected chi connectivity index (χ0v) is 17.4. The molecule has 23 heavy (non-hydrogen) atoms. The van der Waals surface area contributed by atoms with Crippen LogP contribution in [0, 0.1) is 0 Å². The lowest BCUT2D eigenvalue weighted by Gasteiger charge is -2.38. The topological polar surface area (TPSA) is 39.6 Å². The van der Waals surface area contributed by atoms with Crippen molar-refractivity contribution in [3.05, 3.63) is 22.9 Å². The Bertz CT molecular complexity index is 494. The van der Waals surface area contributed by atoms with Crippen molar-refractivity contribution in [2.45, 2.75) is 44.8 Å². The average molecular weight is 400 g/mol. The molecule has 1 saturated heterocycles. The van der Waals surface area contributed by atoms with Gasteiger partial charge >= 0.3 is 0 Å². The van der Waals surface area contributed by atoms with E-state index >= 15 is 0 Å². The van der Waals surface area contributed by atoms with Gasteiger partial charge in [-0.05, 0) is 65.6 Å². The zero-order chi connectivity index (χ0) is 17.1. The van der Waals surface area contributed by atoms with Crippen molar-refractivity contribution in [1.29, 1.82) is 0 Å². The number of halogens is 1. The van der Waals surface area contributed by atoms with Gasteiger partial charge in [0.15, 0.2) is 8.32 Å². The lowest BCUT2D eigenvalue weighted by atomic mass is 10.1. The number of hydrogen-bond acceptors (Lipinski definition) is 4. The Labute approximate surface area is 150 Å². The van der Waals surface area contributed by atoms with Crippen molar-refractivity contribution in [3.8, 4) is 0 Å². The molecule has 130 valence electrons. The number of anilines is 1. The third kappa shape index (κ3) is 5.27. The summed E-state index contributed by atoms with van der Waals surface area (Å²) in [5.74, 6) is 0. The summed E-state index contributed by atoms with van der Waals surface area (Å²) in [5, 5.41) is 0.0952. The van der Waals surface area contributed by atoms with Crippen LogP contribution in [0.2, 0.25) is 18.1 Å². The maximum Gasteiger partial charge on any atom is 0.188 e. The van der Waals surface area contributed by atoms with Crippen LogP contribution in [0.5, 0.6) is 0 Å². The van der Waals surface area contributed by atoms with Gasteiger partial charge in [0.1, 0.15) is 4.60 Å². The van der Waals surface area contributed by atoms with Crippen LogP contribution < -0.4 is 4.90 Å². The van der Waals surface area contributed by atoms with E-state index in [1.807, 2.05) is 12.3 Å². The van der Waals surface area contributed by atoms with E-state index in [4.69, 9.17) is 0 Å². The molecule has 0 aliphatic carbocycles. The molecule has 0 spiro atoms. The molecule has 1 fully saturated rings. The molecule has 0 atom stereocenters. The Hall–Kier alpha value is -0.433. The maximum absolute atomic E-state index is 10.4. The highest BCUT2D eigenvalue weighted by Gasteiger charge is 2.37. The number of aromatic nitrogens is 1. The van der Waals surface area contributed by atoms with Crippen LogP contribution in [-0.2, 0) is 0 Å². The summed E-state index contributed by atoms with van der Waals surface area (Å²) >= 11 is 3.38. The van der Waals surface area contributed by atoms with Crippen LogP contribution in [0.4, 0.5) is 5.69 Å². The number of pyridine rings is 1. The van der Waals surface area contributed by atoms with Gasteiger partial charge in [-0.25, -0.2) is 4.98 Å². The van der Waals surface area contributed by atoms with E-state index in [0.717, 1.165) is 43.7 Å². The highest BCUT2D eigenvalue weighted by molar-refractivity contribution is 9.10. The fourth-order valence-electron chi connectivity index (χ4n) is 2.84. The van der Waals surface area contributed by atoms with Gasteiger partial charge in [0, 0.05) is 26.2 Å². The predicted molar refractivity (Wildman–Crippen MR) is 104 cm³/mol. The normalized spacial score (nSPS) is 17.6. The van der Waals surface area contributed by atoms with Crippen molar-refractivity contribution in [2.75, 3.05) is 37.6 Å². The molecule has 1 aliphatic rings. The standard InChI is InChI=1S/C17H30BrN3OSi/c1-17(2,23(3,4)22)8-5-9-20-10-12-21(13-11-20)15-6-7-16(18)19-14-15/h6-7,14,22H,5,8-13H2,1-4H3. The van der Waals surface area contributed by atoms with Crippen molar-refractivity contribution < 1.29 is 4.80 Å². The molecule has 0 amide bonds. The molecule has 0 bridgehead atoms. The zero-order valence-electron chi connectivity index (χ0n) is 14.8. The fourth-order valence-corrected chi connectivity index (χ4v) is 3.86. The summed E-state index contributed by atoms with van der Waals surface area (Å²) in [6.07, 6.45) is 4.22. The minimum atomic E-state index is -2.07. The molecule has 0 aromatic carbocycles. The van der Waals surface area contributed by atoms with E-state index in [0.29, 0.717) is 0 Å². The number of hydrogen-bond donors (Lipinski definition) is 1. The molecule has 2 rings (SSSR count). The Morgan fingerprint density at radius 3 is 2.39 bits per heavy atom. The molecule has 2 heterocycles. The van der Waals surface area contributed by atoms with Crippen LogP contribution in [0.3, 0.4) is 0 Å². The molecule has 0 radical (unpaired) electrons. The molecule has 0 unspecified atom stereocenters. The highest BCUT2D eigenvalue weighted by atomic mass is 79.9. The molecule has 0 saturated carbocycles. The number of nitrogens with zero attached hydrogens (tertiary/aromatic N) is 3. The summed E-state index contributed by atoms with van der Waals surface area (Å²) in [6.45, 7) is 14.0. The first-order chi connectivity index (χ1) is 10.7. The molecular formula is C17H30BrN3OSi. The monoisotopic (exact) mass is 399 g/mol. The lowest BCUT2D eigenvalue weighted by Crippen LogP contribution is -2.47. The van der Waals surface area contributed by atoms with Crippen LogP contribution in [0.25, 0.3) is 0 Å². The van der Waals surface area contributed by atoms with Crippen molar-refractivity contribution >= 4 is 29.9 Å². The van der Waals surface area contributed by atoms with Gasteiger partial charge in [-0.15, -0.1) is 0 Å². The molecule has 1 N–H and O–H groups in total. The van der Waals surface area contributed by atoms with Gasteiger partial charge in [0.2, 0.25) is 0 Å². The highest BCUT2D eigenvalue weighted by Crippen LogP contribution is 2.39. The van der Waals surface area contributed by atoms with Crippen LogP contribution in [0.15, 0.2) is 22.9 Å². The Morgan fingerprint density at radius 2 is 1.87 bits per heavy atom. The first kappa shape index (κ1) is 18.9. The minimum absolute atomic E-state index is 0.0952. The number of rotatable bonds is 6. The molecule has 1 aromatic heterocycles. The summed E-state index contributed by atoms with van der Waals surface area (Å²) < 4.78 is 0.887. The number of piperazine rings is 1. The van der Waals surface area contributed by atoms with Crippen LogP contribution in [0.1, 0.15) is 26.7 Å². The smallest absolute Gasteiger partial charge is 0.188 e. The second-order valence-corrected chi connectivity index (χ2v) is 13.0. The first-order valence-corrected chi connectivity index (χ1v) is 12.2. The first-order valence-electron chi connectivity index (χ1n) is 8.50. The Kier molecular flexibility index (Phi) is 6.27. The van der Waals surface area contributed by atoms with Gasteiger partial charge in [-0.3, -0.25) is 4.90 Å². The van der Waals surface area contributed by atoms with Gasteiger partial charge in [-0.1, -0.05) is 13.8 Å². The second kappa shape index (κ2) is 7.63. The van der Waals surface area contributed by atoms with Gasteiger partial charge in [0.05, 0.1) is 11.9 Å². The predicted octanol–water partition coefficient (Wildman–Crippen LogP) is 3.72. The summed E-state index contributed by atoms with van der Waals surface area (Å²) in [5.41, 5.74) is 1.21. The van der Waals surface area contributed by atoms with E-state index < -0.39 is 8.32 Å². The third-order valence-corrected chi connectivity index (χ3v) is 9.41. The molecular weight excluding hydrogens is 370 g/mol. The Balaban J connectivity index is 1.74. The summed E-state index contributed by atoms with van der Waals surface area (Å²) in [6, 6.07) is 4.13. The molecule has 1 aliphatic heterocycles. The quantitative estimate of drug-likeness (QED) is 0.584. The summed E-state index contributed by atoms with van der Waals surface area (Å²) in [4.78, 5) is 19.6. The molecule has 6 heteroatoms. The fraction of sp³-hybridized carbons (Fsp3) is 0.706. The SMILES string of the molecule is CC(C)(CCCN1CCN(c2ccc(Br)nc2)CC1)[Si](C)(C)O. The Morgan fingerprint density at radius 1 is 1.22 bits per heavy atom. The van der Waals surface area contributed by atoms with Gasteiger partial charge in [0.25, 0.3) is 0 Å². The summed E-state index contributed by atoms with van der Waals surface area (Å²) in [7, 11) is -2.07.